The van der Waals surface area contributed by atoms with Crippen molar-refractivity contribution in [1.29, 1.82) is 0 Å². The first-order valence-corrected chi connectivity index (χ1v) is 9.26. The summed E-state index contributed by atoms with van der Waals surface area (Å²) in [7, 11) is -1.45. The molecule has 118 valence electrons. The predicted molar refractivity (Wildman–Crippen MR) is 80.7 cm³/mol. The van der Waals surface area contributed by atoms with Gasteiger partial charge in [0.15, 0.2) is 20.8 Å². The number of hydrogen-bond acceptors (Lipinski definition) is 6. The molecule has 2 atom stereocenters. The number of benzene rings is 1. The molecule has 1 aromatic carbocycles. The molecule has 1 aliphatic heterocycles. The number of rotatable bonds is 3. The zero-order chi connectivity index (χ0) is 15.9. The molecule has 0 aliphatic carbocycles. The number of aliphatic hydroxyl groups excluding tert-OH is 1. The van der Waals surface area contributed by atoms with Gasteiger partial charge in [0.05, 0.1) is 22.9 Å². The molecular formula is C13H14FN3O3S2. The Labute approximate surface area is 131 Å². The van der Waals surface area contributed by atoms with E-state index in [9.17, 15) is 17.9 Å². The molecule has 6 nitrogen and oxygen atoms in total. The molecule has 1 aromatic heterocycles. The summed E-state index contributed by atoms with van der Waals surface area (Å²) in [5.74, 6) is -0.0668. The van der Waals surface area contributed by atoms with Gasteiger partial charge < -0.3 is 9.67 Å². The van der Waals surface area contributed by atoms with Gasteiger partial charge in [-0.3, -0.25) is 0 Å². The molecule has 3 rings (SSSR count). The van der Waals surface area contributed by atoms with Gasteiger partial charge in [-0.15, -0.1) is 10.2 Å². The van der Waals surface area contributed by atoms with E-state index >= 15 is 0 Å². The van der Waals surface area contributed by atoms with Crippen molar-refractivity contribution in [3.8, 4) is 11.4 Å². The smallest absolute Gasteiger partial charge is 0.191 e. The number of thioether (sulfide) groups is 1. The third-order valence-electron chi connectivity index (χ3n) is 3.47. The molecule has 0 saturated carbocycles. The summed E-state index contributed by atoms with van der Waals surface area (Å²) < 4.78 is 37.7. The lowest BCUT2D eigenvalue weighted by molar-refractivity contribution is 0.207. The van der Waals surface area contributed by atoms with Gasteiger partial charge in [0.25, 0.3) is 0 Å². The number of nitrogens with zero attached hydrogens (tertiary/aromatic N) is 3. The van der Waals surface area contributed by atoms with Crippen molar-refractivity contribution >= 4 is 21.6 Å². The Balaban J connectivity index is 1.84. The fourth-order valence-electron chi connectivity index (χ4n) is 2.31. The summed E-state index contributed by atoms with van der Waals surface area (Å²) in [6.45, 7) is 0. The number of sulfone groups is 1. The van der Waals surface area contributed by atoms with E-state index in [1.807, 2.05) is 0 Å². The molecule has 1 N–H and O–H groups in total. The molecule has 0 radical (unpaired) electrons. The van der Waals surface area contributed by atoms with E-state index in [1.165, 1.54) is 23.9 Å². The first-order chi connectivity index (χ1) is 10.4. The van der Waals surface area contributed by atoms with E-state index in [0.29, 0.717) is 16.5 Å². The molecule has 0 amide bonds. The minimum atomic E-state index is -3.20. The Morgan fingerprint density at radius 3 is 2.55 bits per heavy atom. The molecule has 0 spiro atoms. The maximum atomic E-state index is 13.0. The Kier molecular flexibility index (Phi) is 3.96. The summed E-state index contributed by atoms with van der Waals surface area (Å²) in [5.41, 5.74) is 0.711. The fourth-order valence-corrected chi connectivity index (χ4v) is 5.80. The van der Waals surface area contributed by atoms with E-state index in [4.69, 9.17) is 0 Å². The lowest BCUT2D eigenvalue weighted by Crippen LogP contribution is -2.20. The van der Waals surface area contributed by atoms with E-state index in [2.05, 4.69) is 10.2 Å². The maximum Gasteiger partial charge on any atom is 0.191 e. The Hall–Kier alpha value is -1.45. The topological polar surface area (TPSA) is 85.1 Å². The average molecular weight is 343 g/mol. The third-order valence-corrected chi connectivity index (χ3v) is 6.74. The highest BCUT2D eigenvalue weighted by Gasteiger charge is 2.38. The number of aliphatic hydroxyl groups is 1. The van der Waals surface area contributed by atoms with Crippen LogP contribution in [0, 0.1) is 5.82 Å². The van der Waals surface area contributed by atoms with E-state index in [0.717, 1.165) is 0 Å². The largest absolute Gasteiger partial charge is 0.391 e. The van der Waals surface area contributed by atoms with Crippen LogP contribution in [-0.2, 0) is 16.9 Å². The summed E-state index contributed by atoms with van der Waals surface area (Å²) in [5, 5.41) is 18.0. The number of halogens is 1. The van der Waals surface area contributed by atoms with Gasteiger partial charge >= 0.3 is 0 Å². The number of aromatic nitrogens is 3. The Morgan fingerprint density at radius 1 is 1.27 bits per heavy atom. The van der Waals surface area contributed by atoms with Crippen molar-refractivity contribution < 1.29 is 17.9 Å². The molecule has 1 aliphatic rings. The summed E-state index contributed by atoms with van der Waals surface area (Å²) >= 11 is 1.19. The first kappa shape index (κ1) is 15.4. The van der Waals surface area contributed by atoms with Gasteiger partial charge in [0, 0.05) is 12.6 Å². The molecule has 2 aromatic rings. The van der Waals surface area contributed by atoms with Gasteiger partial charge in [-0.25, -0.2) is 12.8 Å². The van der Waals surface area contributed by atoms with Crippen LogP contribution in [0.2, 0.25) is 0 Å². The normalized spacial score (nSPS) is 23.8. The second-order valence-electron chi connectivity index (χ2n) is 5.17. The van der Waals surface area contributed by atoms with E-state index in [-0.39, 0.29) is 17.3 Å². The highest BCUT2D eigenvalue weighted by molar-refractivity contribution is 8.01. The minimum Gasteiger partial charge on any atom is -0.391 e. The predicted octanol–water partition coefficient (Wildman–Crippen LogP) is 0.871. The van der Waals surface area contributed by atoms with Crippen molar-refractivity contribution in [2.45, 2.75) is 16.5 Å². The van der Waals surface area contributed by atoms with Gasteiger partial charge in [-0.05, 0) is 24.3 Å². The summed E-state index contributed by atoms with van der Waals surface area (Å²) in [6, 6.07) is 5.87. The van der Waals surface area contributed by atoms with Gasteiger partial charge in [-0.1, -0.05) is 11.8 Å². The average Bonchev–Trinajstić information content (AvgIpc) is 2.92. The molecule has 1 saturated heterocycles. The number of hydrogen-bond donors (Lipinski definition) is 1. The second-order valence-corrected chi connectivity index (χ2v) is 8.53. The fraction of sp³-hybridized carbons (Fsp3) is 0.385. The van der Waals surface area contributed by atoms with E-state index < -0.39 is 21.2 Å². The summed E-state index contributed by atoms with van der Waals surface area (Å²) in [4.78, 5) is 0. The summed E-state index contributed by atoms with van der Waals surface area (Å²) in [6.07, 6.45) is -0.902. The molecule has 0 bridgehead atoms. The molecule has 22 heavy (non-hydrogen) atoms. The van der Waals surface area contributed by atoms with Gasteiger partial charge in [-0.2, -0.15) is 0 Å². The highest BCUT2D eigenvalue weighted by atomic mass is 32.2. The van der Waals surface area contributed by atoms with Crippen molar-refractivity contribution in [2.24, 2.45) is 7.05 Å². The molecule has 0 unspecified atom stereocenters. The minimum absolute atomic E-state index is 0.0719. The lowest BCUT2D eigenvalue weighted by Gasteiger charge is -2.11. The van der Waals surface area contributed by atoms with Gasteiger partial charge in [0.1, 0.15) is 5.82 Å². The first-order valence-electron chi connectivity index (χ1n) is 6.56. The van der Waals surface area contributed by atoms with Crippen LogP contribution in [0.4, 0.5) is 4.39 Å². The van der Waals surface area contributed by atoms with Crippen LogP contribution in [0.15, 0.2) is 29.4 Å². The van der Waals surface area contributed by atoms with Crippen LogP contribution in [0.5, 0.6) is 0 Å². The van der Waals surface area contributed by atoms with Gasteiger partial charge in [0.2, 0.25) is 0 Å². The zero-order valence-electron chi connectivity index (χ0n) is 11.7. The van der Waals surface area contributed by atoms with E-state index in [1.54, 1.807) is 23.7 Å². The molecular weight excluding hydrogens is 329 g/mol. The maximum absolute atomic E-state index is 13.0. The highest BCUT2D eigenvalue weighted by Crippen LogP contribution is 2.31. The molecule has 1 fully saturated rings. The Morgan fingerprint density at radius 2 is 1.95 bits per heavy atom. The van der Waals surface area contributed by atoms with Crippen LogP contribution in [-0.4, -0.2) is 51.1 Å². The van der Waals surface area contributed by atoms with Crippen LogP contribution in [0.1, 0.15) is 0 Å². The van der Waals surface area contributed by atoms with Crippen LogP contribution in [0.3, 0.4) is 0 Å². The lowest BCUT2D eigenvalue weighted by atomic mass is 10.2. The van der Waals surface area contributed by atoms with Crippen LogP contribution in [0.25, 0.3) is 11.4 Å². The van der Waals surface area contributed by atoms with Crippen molar-refractivity contribution in [3.05, 3.63) is 30.1 Å². The standard InChI is InChI=1S/C13H14FN3O3S2/c1-17-12(8-2-4-9(14)5-3-8)15-16-13(17)21-11-7-22(19,20)6-10(11)18/h2-5,10-11,18H,6-7H2,1H3/t10-,11-/m0/s1. The third kappa shape index (κ3) is 3.01. The van der Waals surface area contributed by atoms with Crippen molar-refractivity contribution in [2.75, 3.05) is 11.5 Å². The van der Waals surface area contributed by atoms with Crippen LogP contribution < -0.4 is 0 Å². The zero-order valence-corrected chi connectivity index (χ0v) is 13.3. The Bertz CT molecular complexity index is 789. The molecule has 9 heteroatoms. The second kappa shape index (κ2) is 5.64. The van der Waals surface area contributed by atoms with Crippen molar-refractivity contribution in [3.63, 3.8) is 0 Å². The van der Waals surface area contributed by atoms with Crippen LogP contribution >= 0.6 is 11.8 Å². The SMILES string of the molecule is Cn1c(S[C@H]2CS(=O)(=O)C[C@@H]2O)nnc1-c1ccc(F)cc1. The molecule has 2 heterocycles. The monoisotopic (exact) mass is 343 g/mol. The van der Waals surface area contributed by atoms with Crippen molar-refractivity contribution in [1.82, 2.24) is 14.8 Å². The quantitative estimate of drug-likeness (QED) is 0.890.